The van der Waals surface area contributed by atoms with Crippen LogP contribution in [0.3, 0.4) is 0 Å². The first-order valence-corrected chi connectivity index (χ1v) is 5.99. The average molecular weight is 258 g/mol. The molecule has 0 radical (unpaired) electrons. The maximum Gasteiger partial charge on any atom is 0.331 e. The number of aliphatic carboxylic acids is 1. The van der Waals surface area contributed by atoms with Crippen LogP contribution in [0, 0.1) is 6.92 Å². The first kappa shape index (κ1) is 13.0. The van der Waals surface area contributed by atoms with E-state index in [1.54, 1.807) is 19.3 Å². The molecule has 0 spiro atoms. The van der Waals surface area contributed by atoms with Crippen LogP contribution in [-0.4, -0.2) is 26.8 Å². The molecule has 0 bridgehead atoms. The minimum absolute atomic E-state index is 0.0869. The summed E-state index contributed by atoms with van der Waals surface area (Å²) in [5.41, 5.74) is -0.500. The molecule has 1 fully saturated rings. The fourth-order valence-electron chi connectivity index (χ4n) is 2.47. The van der Waals surface area contributed by atoms with Gasteiger partial charge in [-0.3, -0.25) is 4.68 Å². The van der Waals surface area contributed by atoms with E-state index < -0.39 is 23.9 Å². The van der Waals surface area contributed by atoms with E-state index in [0.717, 1.165) is 5.56 Å². The van der Waals surface area contributed by atoms with E-state index in [4.69, 9.17) is 0 Å². The third-order valence-electron chi connectivity index (χ3n) is 3.59. The molecule has 1 atom stereocenters. The van der Waals surface area contributed by atoms with Gasteiger partial charge in [0.05, 0.1) is 6.20 Å². The Bertz CT molecular complexity index is 459. The van der Waals surface area contributed by atoms with Gasteiger partial charge >= 0.3 is 5.97 Å². The van der Waals surface area contributed by atoms with Crippen LogP contribution in [0.5, 0.6) is 0 Å². The Labute approximate surface area is 104 Å². The molecule has 0 aliphatic heterocycles. The van der Waals surface area contributed by atoms with Crippen LogP contribution in [0.2, 0.25) is 0 Å². The van der Waals surface area contributed by atoms with Gasteiger partial charge in [-0.2, -0.15) is 5.10 Å². The van der Waals surface area contributed by atoms with E-state index in [-0.39, 0.29) is 25.7 Å². The Hall–Kier alpha value is -1.46. The summed E-state index contributed by atoms with van der Waals surface area (Å²) in [7, 11) is 0. The van der Waals surface area contributed by atoms with Gasteiger partial charge in [-0.1, -0.05) is 0 Å². The van der Waals surface area contributed by atoms with Crippen LogP contribution in [0.4, 0.5) is 8.78 Å². The SMILES string of the molecule is Cc1cnn(C2(C(=O)O)CCCC(F)(F)CC2)c1. The van der Waals surface area contributed by atoms with Crippen LogP contribution in [0.1, 0.15) is 37.7 Å². The zero-order valence-corrected chi connectivity index (χ0v) is 10.2. The summed E-state index contributed by atoms with van der Waals surface area (Å²) in [6.45, 7) is 1.80. The molecule has 6 heteroatoms. The van der Waals surface area contributed by atoms with Gasteiger partial charge in [0, 0.05) is 19.0 Å². The van der Waals surface area contributed by atoms with Crippen molar-refractivity contribution in [2.45, 2.75) is 50.5 Å². The van der Waals surface area contributed by atoms with E-state index in [9.17, 15) is 18.7 Å². The minimum Gasteiger partial charge on any atom is -0.479 e. The molecular formula is C12H16F2N2O2. The summed E-state index contributed by atoms with van der Waals surface area (Å²) in [4.78, 5) is 11.5. The highest BCUT2D eigenvalue weighted by atomic mass is 19.3. The van der Waals surface area contributed by atoms with Crippen molar-refractivity contribution in [1.29, 1.82) is 0 Å². The Morgan fingerprint density at radius 1 is 1.39 bits per heavy atom. The van der Waals surface area contributed by atoms with Crippen LogP contribution >= 0.6 is 0 Å². The first-order chi connectivity index (χ1) is 8.36. The third-order valence-corrected chi connectivity index (χ3v) is 3.59. The predicted octanol–water partition coefficient (Wildman–Crippen LogP) is 2.57. The Morgan fingerprint density at radius 2 is 2.11 bits per heavy atom. The molecule has 0 aromatic carbocycles. The molecule has 1 heterocycles. The van der Waals surface area contributed by atoms with Gasteiger partial charge in [-0.15, -0.1) is 0 Å². The molecule has 100 valence electrons. The highest BCUT2D eigenvalue weighted by molar-refractivity contribution is 5.76. The second kappa shape index (κ2) is 4.33. The van der Waals surface area contributed by atoms with Gasteiger partial charge in [0.1, 0.15) is 0 Å². The number of carboxylic acids is 1. The lowest BCUT2D eigenvalue weighted by atomic mass is 9.90. The summed E-state index contributed by atoms with van der Waals surface area (Å²) < 4.78 is 28.1. The van der Waals surface area contributed by atoms with E-state index in [1.165, 1.54) is 4.68 Å². The number of alkyl halides is 2. The number of halogens is 2. The topological polar surface area (TPSA) is 55.1 Å². The van der Waals surface area contributed by atoms with Crippen molar-refractivity contribution in [1.82, 2.24) is 9.78 Å². The second-order valence-corrected chi connectivity index (χ2v) is 5.01. The average Bonchev–Trinajstić information content (AvgIpc) is 2.62. The molecule has 0 amide bonds. The largest absolute Gasteiger partial charge is 0.479 e. The number of hydrogen-bond acceptors (Lipinski definition) is 2. The van der Waals surface area contributed by atoms with E-state index in [0.29, 0.717) is 0 Å². The summed E-state index contributed by atoms with van der Waals surface area (Å²) >= 11 is 0. The molecule has 0 saturated heterocycles. The van der Waals surface area contributed by atoms with Crippen LogP contribution in [0.15, 0.2) is 12.4 Å². The molecule has 1 aliphatic carbocycles. The highest BCUT2D eigenvalue weighted by Gasteiger charge is 2.46. The molecule has 1 saturated carbocycles. The van der Waals surface area contributed by atoms with Crippen molar-refractivity contribution >= 4 is 5.97 Å². The zero-order chi connectivity index (χ0) is 13.4. The van der Waals surface area contributed by atoms with Gasteiger partial charge in [-0.05, 0) is 31.7 Å². The fraction of sp³-hybridized carbons (Fsp3) is 0.667. The van der Waals surface area contributed by atoms with Crippen molar-refractivity contribution in [3.8, 4) is 0 Å². The molecule has 1 aromatic rings. The first-order valence-electron chi connectivity index (χ1n) is 5.99. The molecule has 18 heavy (non-hydrogen) atoms. The van der Waals surface area contributed by atoms with E-state index in [2.05, 4.69) is 5.10 Å². The molecule has 1 aliphatic rings. The lowest BCUT2D eigenvalue weighted by molar-refractivity contribution is -0.149. The number of aryl methyl sites for hydroxylation is 1. The maximum atomic E-state index is 13.4. The van der Waals surface area contributed by atoms with Crippen LogP contribution in [0.25, 0.3) is 0 Å². The molecule has 2 rings (SSSR count). The third kappa shape index (κ3) is 2.23. The smallest absolute Gasteiger partial charge is 0.331 e. The van der Waals surface area contributed by atoms with Crippen LogP contribution < -0.4 is 0 Å². The normalized spacial score (nSPS) is 27.7. The van der Waals surface area contributed by atoms with E-state index in [1.807, 2.05) is 0 Å². The molecule has 4 nitrogen and oxygen atoms in total. The molecule has 1 aromatic heterocycles. The number of carbonyl (C=O) groups is 1. The number of nitrogens with zero attached hydrogens (tertiary/aromatic N) is 2. The summed E-state index contributed by atoms with van der Waals surface area (Å²) in [5.74, 6) is -3.84. The lowest BCUT2D eigenvalue weighted by Gasteiger charge is -2.28. The van der Waals surface area contributed by atoms with Gasteiger partial charge in [0.25, 0.3) is 0 Å². The predicted molar refractivity (Wildman–Crippen MR) is 60.6 cm³/mol. The fourth-order valence-corrected chi connectivity index (χ4v) is 2.47. The Balaban J connectivity index is 2.36. The quantitative estimate of drug-likeness (QED) is 0.829. The van der Waals surface area contributed by atoms with Gasteiger partial charge in [0.2, 0.25) is 5.92 Å². The minimum atomic E-state index is -2.76. The molecule has 1 N–H and O–H groups in total. The number of carboxylic acid groups (broad SMARTS) is 1. The van der Waals surface area contributed by atoms with E-state index >= 15 is 0 Å². The standard InChI is InChI=1S/C12H16F2N2O2/c1-9-7-15-16(8-9)11(10(17)18)3-2-4-12(13,14)6-5-11/h7-8H,2-6H2,1H3,(H,17,18). The van der Waals surface area contributed by atoms with Crippen molar-refractivity contribution in [3.05, 3.63) is 18.0 Å². The molecule has 1 unspecified atom stereocenters. The van der Waals surface area contributed by atoms with Crippen molar-refractivity contribution in [2.24, 2.45) is 0 Å². The summed E-state index contributed by atoms with van der Waals surface area (Å²) in [6, 6.07) is 0. The van der Waals surface area contributed by atoms with Crippen molar-refractivity contribution in [2.75, 3.05) is 0 Å². The van der Waals surface area contributed by atoms with Crippen molar-refractivity contribution < 1.29 is 18.7 Å². The lowest BCUT2D eigenvalue weighted by Crippen LogP contribution is -2.42. The Morgan fingerprint density at radius 3 is 2.67 bits per heavy atom. The summed E-state index contributed by atoms with van der Waals surface area (Å²) in [6.07, 6.45) is 2.81. The van der Waals surface area contributed by atoms with Gasteiger partial charge < -0.3 is 5.11 Å². The monoisotopic (exact) mass is 258 g/mol. The maximum absolute atomic E-state index is 13.4. The van der Waals surface area contributed by atoms with Crippen LogP contribution in [-0.2, 0) is 10.3 Å². The number of aromatic nitrogens is 2. The Kier molecular flexibility index (Phi) is 3.12. The number of rotatable bonds is 2. The molecular weight excluding hydrogens is 242 g/mol. The summed E-state index contributed by atoms with van der Waals surface area (Å²) in [5, 5.41) is 13.5. The van der Waals surface area contributed by atoms with Gasteiger partial charge in [-0.25, -0.2) is 13.6 Å². The second-order valence-electron chi connectivity index (χ2n) is 5.01. The highest BCUT2D eigenvalue weighted by Crippen LogP contribution is 2.40. The number of hydrogen-bond donors (Lipinski definition) is 1. The zero-order valence-electron chi connectivity index (χ0n) is 10.2. The van der Waals surface area contributed by atoms with Crippen molar-refractivity contribution in [3.63, 3.8) is 0 Å². The van der Waals surface area contributed by atoms with Gasteiger partial charge in [0.15, 0.2) is 5.54 Å².